The number of rotatable bonds is 67. The highest BCUT2D eigenvalue weighted by atomic mass is 16.6. The molecule has 0 aliphatic carbocycles. The summed E-state index contributed by atoms with van der Waals surface area (Å²) in [5.74, 6) is -0.866. The summed E-state index contributed by atoms with van der Waals surface area (Å²) in [7, 11) is 0. The molecule has 80 heavy (non-hydrogen) atoms. The average Bonchev–Trinajstić information content (AvgIpc) is 3.46. The standard InChI is InChI=1S/C74H138O6/c1-4-7-10-13-16-19-21-23-25-27-29-31-32-33-34-35-36-37-38-39-40-41-42-44-45-47-49-51-53-55-58-61-64-67-73(76)79-70-71(69-78-72(75)66-63-60-57-18-15-12-9-6-3)80-74(77)68-65-62-59-56-54-52-50-48-46-43-30-28-26-24-22-20-17-14-11-8-5-2/h22,24,28,30,46,48,71H,4-21,23,25-27,29,31-45,47,49-70H2,1-3H3/b24-22-,30-28-,48-46-. The topological polar surface area (TPSA) is 78.9 Å². The predicted molar refractivity (Wildman–Crippen MR) is 349 cm³/mol. The number of hydrogen-bond acceptors (Lipinski definition) is 6. The minimum absolute atomic E-state index is 0.0728. The van der Waals surface area contributed by atoms with Gasteiger partial charge in [0, 0.05) is 19.3 Å². The van der Waals surface area contributed by atoms with Crippen molar-refractivity contribution in [3.8, 4) is 0 Å². The Morgan fingerprint density at radius 2 is 0.450 bits per heavy atom. The van der Waals surface area contributed by atoms with Gasteiger partial charge < -0.3 is 14.2 Å². The smallest absolute Gasteiger partial charge is 0.306 e. The molecule has 0 aliphatic heterocycles. The fourth-order valence-electron chi connectivity index (χ4n) is 11.0. The summed E-state index contributed by atoms with van der Waals surface area (Å²) in [5, 5.41) is 0. The predicted octanol–water partition coefficient (Wildman–Crippen LogP) is 24.7. The van der Waals surface area contributed by atoms with Crippen molar-refractivity contribution in [2.24, 2.45) is 0 Å². The molecule has 0 aromatic rings. The van der Waals surface area contributed by atoms with Crippen LogP contribution in [0.25, 0.3) is 0 Å². The lowest BCUT2D eigenvalue weighted by atomic mass is 10.0. The lowest BCUT2D eigenvalue weighted by Gasteiger charge is -2.18. The molecule has 0 saturated carbocycles. The highest BCUT2D eigenvalue weighted by Crippen LogP contribution is 2.19. The number of hydrogen-bond donors (Lipinski definition) is 0. The molecule has 1 atom stereocenters. The second kappa shape index (κ2) is 69.1. The van der Waals surface area contributed by atoms with E-state index in [0.29, 0.717) is 19.3 Å². The van der Waals surface area contributed by atoms with Crippen LogP contribution in [0, 0.1) is 0 Å². The van der Waals surface area contributed by atoms with E-state index in [9.17, 15) is 14.4 Å². The van der Waals surface area contributed by atoms with Crippen LogP contribution in [-0.2, 0) is 28.6 Å². The maximum Gasteiger partial charge on any atom is 0.306 e. The van der Waals surface area contributed by atoms with Gasteiger partial charge in [-0.05, 0) is 57.8 Å². The normalized spacial score (nSPS) is 12.2. The van der Waals surface area contributed by atoms with Gasteiger partial charge in [-0.2, -0.15) is 0 Å². The minimum Gasteiger partial charge on any atom is -0.462 e. The summed E-state index contributed by atoms with van der Waals surface area (Å²) >= 11 is 0. The van der Waals surface area contributed by atoms with Crippen LogP contribution in [0.5, 0.6) is 0 Å². The van der Waals surface area contributed by atoms with Crippen LogP contribution >= 0.6 is 0 Å². The van der Waals surface area contributed by atoms with E-state index in [1.807, 2.05) is 0 Å². The van der Waals surface area contributed by atoms with Crippen molar-refractivity contribution in [1.29, 1.82) is 0 Å². The first-order chi connectivity index (χ1) is 39.5. The molecule has 0 N–H and O–H groups in total. The van der Waals surface area contributed by atoms with Crippen molar-refractivity contribution in [3.63, 3.8) is 0 Å². The fourth-order valence-corrected chi connectivity index (χ4v) is 11.0. The summed E-state index contributed by atoms with van der Waals surface area (Å²) in [5.41, 5.74) is 0. The average molecular weight is 1120 g/mol. The third-order valence-electron chi connectivity index (χ3n) is 16.4. The van der Waals surface area contributed by atoms with Crippen molar-refractivity contribution in [2.75, 3.05) is 13.2 Å². The zero-order valence-electron chi connectivity index (χ0n) is 54.1. The molecule has 0 rings (SSSR count). The molecule has 0 aromatic heterocycles. The van der Waals surface area contributed by atoms with Gasteiger partial charge in [0.1, 0.15) is 13.2 Å². The lowest BCUT2D eigenvalue weighted by molar-refractivity contribution is -0.167. The number of carbonyl (C=O) groups is 3. The highest BCUT2D eigenvalue weighted by Gasteiger charge is 2.19. The lowest BCUT2D eigenvalue weighted by Crippen LogP contribution is -2.30. The van der Waals surface area contributed by atoms with Crippen LogP contribution in [0.15, 0.2) is 36.5 Å². The first-order valence-electron chi connectivity index (χ1n) is 36.0. The number of unbranched alkanes of at least 4 members (excludes halogenated alkanes) is 50. The Bertz CT molecular complexity index is 1340. The first-order valence-corrected chi connectivity index (χ1v) is 36.0. The van der Waals surface area contributed by atoms with Crippen molar-refractivity contribution < 1.29 is 28.6 Å². The molecule has 0 heterocycles. The van der Waals surface area contributed by atoms with Gasteiger partial charge in [0.05, 0.1) is 0 Å². The Morgan fingerprint density at radius 3 is 0.700 bits per heavy atom. The Hall–Kier alpha value is -2.37. The largest absolute Gasteiger partial charge is 0.462 e. The van der Waals surface area contributed by atoms with Crippen LogP contribution in [0.3, 0.4) is 0 Å². The monoisotopic (exact) mass is 1120 g/mol. The fraction of sp³-hybridized carbons (Fsp3) is 0.878. The third-order valence-corrected chi connectivity index (χ3v) is 16.4. The van der Waals surface area contributed by atoms with E-state index in [0.717, 1.165) is 77.0 Å². The van der Waals surface area contributed by atoms with Crippen LogP contribution in [0.4, 0.5) is 0 Å². The second-order valence-corrected chi connectivity index (χ2v) is 24.5. The molecule has 6 heteroatoms. The molecule has 6 nitrogen and oxygen atoms in total. The molecule has 0 aromatic carbocycles. The minimum atomic E-state index is -0.776. The molecule has 470 valence electrons. The van der Waals surface area contributed by atoms with E-state index < -0.39 is 6.10 Å². The van der Waals surface area contributed by atoms with Gasteiger partial charge in [0.2, 0.25) is 0 Å². The Morgan fingerprint density at radius 1 is 0.250 bits per heavy atom. The molecular weight excluding hydrogens is 985 g/mol. The third kappa shape index (κ3) is 66.4. The van der Waals surface area contributed by atoms with Gasteiger partial charge in [-0.25, -0.2) is 0 Å². The first kappa shape index (κ1) is 77.6. The van der Waals surface area contributed by atoms with Crippen molar-refractivity contribution >= 4 is 17.9 Å². The van der Waals surface area contributed by atoms with Crippen molar-refractivity contribution in [1.82, 2.24) is 0 Å². The van der Waals surface area contributed by atoms with Gasteiger partial charge >= 0.3 is 17.9 Å². The summed E-state index contributed by atoms with van der Waals surface area (Å²) in [4.78, 5) is 38.2. The number of ether oxygens (including phenoxy) is 3. The Labute approximate surface area is 499 Å². The zero-order chi connectivity index (χ0) is 57.8. The van der Waals surface area contributed by atoms with E-state index in [-0.39, 0.29) is 31.1 Å². The molecule has 0 bridgehead atoms. The summed E-state index contributed by atoms with van der Waals surface area (Å²) in [6.45, 7) is 6.65. The van der Waals surface area contributed by atoms with E-state index in [1.165, 1.54) is 283 Å². The summed E-state index contributed by atoms with van der Waals surface area (Å²) in [6, 6.07) is 0. The van der Waals surface area contributed by atoms with Gasteiger partial charge in [-0.3, -0.25) is 14.4 Å². The Kier molecular flexibility index (Phi) is 67.1. The highest BCUT2D eigenvalue weighted by molar-refractivity contribution is 5.71. The van der Waals surface area contributed by atoms with Crippen molar-refractivity contribution in [3.05, 3.63) is 36.5 Å². The van der Waals surface area contributed by atoms with E-state index in [2.05, 4.69) is 57.2 Å². The maximum atomic E-state index is 12.9. The van der Waals surface area contributed by atoms with E-state index in [1.54, 1.807) is 0 Å². The summed E-state index contributed by atoms with van der Waals surface area (Å²) < 4.78 is 16.9. The van der Waals surface area contributed by atoms with E-state index >= 15 is 0 Å². The van der Waals surface area contributed by atoms with E-state index in [4.69, 9.17) is 14.2 Å². The number of allylic oxidation sites excluding steroid dienone is 6. The van der Waals surface area contributed by atoms with Gasteiger partial charge in [0.15, 0.2) is 6.10 Å². The molecule has 0 amide bonds. The van der Waals surface area contributed by atoms with Crippen LogP contribution < -0.4 is 0 Å². The number of carbonyl (C=O) groups excluding carboxylic acids is 3. The zero-order valence-corrected chi connectivity index (χ0v) is 54.1. The summed E-state index contributed by atoms with van der Waals surface area (Å²) in [6.07, 6.45) is 86.4. The Balaban J connectivity index is 4.01. The maximum absolute atomic E-state index is 12.9. The van der Waals surface area contributed by atoms with Crippen LogP contribution in [-0.4, -0.2) is 37.2 Å². The van der Waals surface area contributed by atoms with Crippen LogP contribution in [0.1, 0.15) is 400 Å². The van der Waals surface area contributed by atoms with Crippen LogP contribution in [0.2, 0.25) is 0 Å². The second-order valence-electron chi connectivity index (χ2n) is 24.5. The molecular formula is C74H138O6. The van der Waals surface area contributed by atoms with Gasteiger partial charge in [-0.15, -0.1) is 0 Å². The SMILES string of the molecule is CCCCCCC/C=C\C/C=C\C/C=C\CCCCCCCCC(=O)OC(COC(=O)CCCCCCCCCC)COC(=O)CCCCCCCCCCCCCCCCCCCCCCCCCCCCCCCCCCC. The molecule has 0 aliphatic rings. The quantitative estimate of drug-likeness (QED) is 0.0261. The molecule has 0 spiro atoms. The van der Waals surface area contributed by atoms with Crippen molar-refractivity contribution in [2.45, 2.75) is 406 Å². The molecule has 0 saturated heterocycles. The molecule has 0 fully saturated rings. The molecule has 0 radical (unpaired) electrons. The van der Waals surface area contributed by atoms with Gasteiger partial charge in [0.25, 0.3) is 0 Å². The molecule has 1 unspecified atom stereocenters. The van der Waals surface area contributed by atoms with Gasteiger partial charge in [-0.1, -0.05) is 359 Å². The number of esters is 3.